The number of ether oxygens (including phenoxy) is 1. The van der Waals surface area contributed by atoms with Gasteiger partial charge >= 0.3 is 5.97 Å². The van der Waals surface area contributed by atoms with E-state index in [1.165, 1.54) is 19.3 Å². The Kier molecular flexibility index (Phi) is 3.77. The molecular formula is C18H29NO4. The van der Waals surface area contributed by atoms with Crippen molar-refractivity contribution in [3.63, 3.8) is 0 Å². The van der Waals surface area contributed by atoms with Gasteiger partial charge in [-0.15, -0.1) is 0 Å². The highest BCUT2D eigenvalue weighted by molar-refractivity contribution is 5.71. The number of hydrogen-bond acceptors (Lipinski definition) is 4. The van der Waals surface area contributed by atoms with Crippen molar-refractivity contribution < 1.29 is 14.5 Å². The normalized spacial score (nSPS) is 41.3. The van der Waals surface area contributed by atoms with Gasteiger partial charge in [0.15, 0.2) is 0 Å². The summed E-state index contributed by atoms with van der Waals surface area (Å²) in [7, 11) is 0. The van der Waals surface area contributed by atoms with Gasteiger partial charge in [-0.1, -0.05) is 13.3 Å². The molecule has 3 saturated carbocycles. The third-order valence-electron chi connectivity index (χ3n) is 6.98. The molecule has 5 nitrogen and oxygen atoms in total. The van der Waals surface area contributed by atoms with E-state index in [9.17, 15) is 14.9 Å². The first kappa shape index (κ1) is 16.7. The molecule has 23 heavy (non-hydrogen) atoms. The molecule has 0 aromatic rings. The summed E-state index contributed by atoms with van der Waals surface area (Å²) in [6.07, 6.45) is 5.85. The van der Waals surface area contributed by atoms with E-state index in [1.54, 1.807) is 0 Å². The fraction of sp³-hybridized carbons (Fsp3) is 0.944. The maximum Gasteiger partial charge on any atom is 0.307 e. The van der Waals surface area contributed by atoms with Crippen molar-refractivity contribution in [2.45, 2.75) is 71.8 Å². The molecule has 3 unspecified atom stereocenters. The van der Waals surface area contributed by atoms with Crippen LogP contribution in [0.1, 0.15) is 66.2 Å². The molecule has 0 amide bonds. The first-order valence-corrected chi connectivity index (χ1v) is 8.97. The van der Waals surface area contributed by atoms with Crippen LogP contribution in [-0.2, 0) is 9.53 Å². The first-order chi connectivity index (χ1) is 10.6. The highest BCUT2D eigenvalue weighted by Gasteiger charge is 2.74. The molecule has 0 saturated heterocycles. The van der Waals surface area contributed by atoms with Gasteiger partial charge in [-0.25, -0.2) is 0 Å². The second-order valence-electron chi connectivity index (χ2n) is 9.02. The predicted molar refractivity (Wildman–Crippen MR) is 86.4 cm³/mol. The summed E-state index contributed by atoms with van der Waals surface area (Å²) in [6.45, 7) is 7.73. The zero-order valence-electron chi connectivity index (χ0n) is 14.8. The van der Waals surface area contributed by atoms with Crippen molar-refractivity contribution in [2.75, 3.05) is 6.54 Å². The van der Waals surface area contributed by atoms with E-state index in [0.29, 0.717) is 23.2 Å². The van der Waals surface area contributed by atoms with Crippen LogP contribution in [-0.4, -0.2) is 23.0 Å². The molecule has 5 heteroatoms. The van der Waals surface area contributed by atoms with Gasteiger partial charge in [0.25, 0.3) is 0 Å². The second-order valence-corrected chi connectivity index (χ2v) is 9.02. The van der Waals surface area contributed by atoms with Crippen LogP contribution in [0.5, 0.6) is 0 Å². The first-order valence-electron chi connectivity index (χ1n) is 8.97. The number of nitro groups is 1. The van der Waals surface area contributed by atoms with Gasteiger partial charge in [0.1, 0.15) is 5.60 Å². The van der Waals surface area contributed by atoms with E-state index in [0.717, 1.165) is 12.8 Å². The number of rotatable bonds is 5. The quantitative estimate of drug-likeness (QED) is 0.438. The monoisotopic (exact) mass is 323 g/mol. The van der Waals surface area contributed by atoms with Crippen molar-refractivity contribution in [1.82, 2.24) is 0 Å². The highest BCUT2D eigenvalue weighted by atomic mass is 16.6. The summed E-state index contributed by atoms with van der Waals surface area (Å²) in [5.41, 5.74) is -0.581. The highest BCUT2D eigenvalue weighted by Crippen LogP contribution is 2.77. The molecule has 3 aliphatic rings. The molecule has 3 rings (SSSR count). The Morgan fingerprint density at radius 2 is 1.83 bits per heavy atom. The number of nitrogens with zero attached hydrogens (tertiary/aromatic N) is 1. The van der Waals surface area contributed by atoms with Crippen LogP contribution in [0.3, 0.4) is 0 Å². The fourth-order valence-electron chi connectivity index (χ4n) is 6.31. The molecular weight excluding hydrogens is 294 g/mol. The Labute approximate surface area is 138 Å². The van der Waals surface area contributed by atoms with Crippen LogP contribution < -0.4 is 0 Å². The number of carbonyl (C=O) groups is 1. The van der Waals surface area contributed by atoms with Gasteiger partial charge in [0.05, 0.1) is 11.8 Å². The van der Waals surface area contributed by atoms with Crippen LogP contribution >= 0.6 is 0 Å². The van der Waals surface area contributed by atoms with E-state index in [2.05, 4.69) is 6.92 Å². The molecule has 0 bridgehead atoms. The SMILES string of the molecule is CCC12CC[C@@H]3C1[C@H](CC2)C3(CC(=O)OC(C)(C)C)C[N+](=O)[O-]. The maximum atomic E-state index is 12.4. The van der Waals surface area contributed by atoms with Crippen LogP contribution in [0.2, 0.25) is 0 Å². The summed E-state index contributed by atoms with van der Waals surface area (Å²) in [6, 6.07) is 0. The topological polar surface area (TPSA) is 69.4 Å². The number of esters is 1. The minimum Gasteiger partial charge on any atom is -0.460 e. The van der Waals surface area contributed by atoms with Gasteiger partial charge < -0.3 is 4.74 Å². The van der Waals surface area contributed by atoms with Gasteiger partial charge in [-0.2, -0.15) is 0 Å². The lowest BCUT2D eigenvalue weighted by molar-refractivity contribution is -0.511. The van der Waals surface area contributed by atoms with Crippen molar-refractivity contribution in [3.05, 3.63) is 10.1 Å². The molecule has 5 atom stereocenters. The molecule has 0 aromatic carbocycles. The van der Waals surface area contributed by atoms with Gasteiger partial charge in [0.2, 0.25) is 6.54 Å². The summed E-state index contributed by atoms with van der Waals surface area (Å²) < 4.78 is 5.50. The maximum absolute atomic E-state index is 12.4. The Balaban J connectivity index is 1.83. The van der Waals surface area contributed by atoms with Crippen molar-refractivity contribution in [3.8, 4) is 0 Å². The van der Waals surface area contributed by atoms with E-state index in [1.807, 2.05) is 20.8 Å². The zero-order chi connectivity index (χ0) is 17.0. The Bertz CT molecular complexity index is 506. The summed E-state index contributed by atoms with van der Waals surface area (Å²) in [4.78, 5) is 23.6. The van der Waals surface area contributed by atoms with Gasteiger partial charge in [0, 0.05) is 4.92 Å². The second kappa shape index (κ2) is 5.18. The van der Waals surface area contributed by atoms with Gasteiger partial charge in [-0.05, 0) is 69.6 Å². The molecule has 0 N–H and O–H groups in total. The lowest BCUT2D eigenvalue weighted by Crippen LogP contribution is -2.59. The van der Waals surface area contributed by atoms with Crippen LogP contribution in [0, 0.1) is 38.7 Å². The van der Waals surface area contributed by atoms with Crippen molar-refractivity contribution in [1.29, 1.82) is 0 Å². The third-order valence-corrected chi connectivity index (χ3v) is 6.98. The molecule has 0 radical (unpaired) electrons. The fourth-order valence-corrected chi connectivity index (χ4v) is 6.31. The molecule has 0 aliphatic heterocycles. The molecule has 130 valence electrons. The predicted octanol–water partition coefficient (Wildman–Crippen LogP) is 3.83. The number of hydrogen-bond donors (Lipinski definition) is 0. The largest absolute Gasteiger partial charge is 0.460 e. The van der Waals surface area contributed by atoms with Crippen LogP contribution in [0.4, 0.5) is 0 Å². The molecule has 0 heterocycles. The average Bonchev–Trinajstić information content (AvgIpc) is 2.87. The number of carbonyl (C=O) groups excluding carboxylic acids is 1. The summed E-state index contributed by atoms with van der Waals surface area (Å²) >= 11 is 0. The minimum atomic E-state index is -0.533. The smallest absolute Gasteiger partial charge is 0.307 e. The Morgan fingerprint density at radius 3 is 2.26 bits per heavy atom. The van der Waals surface area contributed by atoms with Crippen LogP contribution in [0.25, 0.3) is 0 Å². The van der Waals surface area contributed by atoms with Crippen molar-refractivity contribution >= 4 is 5.97 Å². The third kappa shape index (κ3) is 2.47. The van der Waals surface area contributed by atoms with Crippen LogP contribution in [0.15, 0.2) is 0 Å². The Morgan fingerprint density at radius 1 is 1.26 bits per heavy atom. The average molecular weight is 323 g/mol. The van der Waals surface area contributed by atoms with E-state index < -0.39 is 11.0 Å². The Hall–Kier alpha value is -1.13. The summed E-state index contributed by atoms with van der Waals surface area (Å²) in [5.74, 6) is 1.02. The van der Waals surface area contributed by atoms with Gasteiger partial charge in [-0.3, -0.25) is 14.9 Å². The molecule has 0 aromatic heterocycles. The molecule has 3 fully saturated rings. The van der Waals surface area contributed by atoms with Crippen molar-refractivity contribution in [2.24, 2.45) is 28.6 Å². The van der Waals surface area contributed by atoms with E-state index in [4.69, 9.17) is 4.74 Å². The summed E-state index contributed by atoms with van der Waals surface area (Å²) in [5, 5.41) is 11.3. The standard InChI is InChI=1S/C18H29NO4/c1-5-17-8-6-12-15(17)13(7-9-17)18(12,11-19(21)22)10-14(20)23-16(2,3)4/h12-13,15H,5-11H2,1-4H3/t12-,13+,15?,17?,18?. The van der Waals surface area contributed by atoms with E-state index in [-0.39, 0.29) is 23.9 Å². The molecule has 3 aliphatic carbocycles. The van der Waals surface area contributed by atoms with E-state index >= 15 is 0 Å². The lowest BCUT2D eigenvalue weighted by atomic mass is 9.45. The lowest BCUT2D eigenvalue weighted by Gasteiger charge is -2.57. The zero-order valence-corrected chi connectivity index (χ0v) is 14.8. The minimum absolute atomic E-state index is 0.0716. The molecule has 0 spiro atoms.